The summed E-state index contributed by atoms with van der Waals surface area (Å²) in [5.74, 6) is -0.243. The minimum atomic E-state index is -0.535. The molecule has 0 aliphatic carbocycles. The number of aryl methyl sites for hydroxylation is 1. The van der Waals surface area contributed by atoms with E-state index in [2.05, 4.69) is 23.0 Å². The molecule has 0 aliphatic heterocycles. The highest BCUT2D eigenvalue weighted by atomic mass is 19.1. The molecule has 0 aliphatic rings. The number of aromatic hydroxyl groups is 1. The molecule has 0 saturated heterocycles. The Balaban J connectivity index is 1.74. The van der Waals surface area contributed by atoms with Gasteiger partial charge in [-0.15, -0.1) is 0 Å². The van der Waals surface area contributed by atoms with Crippen LogP contribution in [0.4, 0.5) is 4.39 Å². The van der Waals surface area contributed by atoms with Crippen LogP contribution in [-0.2, 0) is 12.8 Å². The molecule has 6 nitrogen and oxygen atoms in total. The van der Waals surface area contributed by atoms with Gasteiger partial charge in [0.25, 0.3) is 5.56 Å². The second-order valence-corrected chi connectivity index (χ2v) is 9.01. The minimum absolute atomic E-state index is 0.211. The van der Waals surface area contributed by atoms with Gasteiger partial charge in [-0.25, -0.2) is 4.98 Å². The average Bonchev–Trinajstić information content (AvgIpc) is 2.92. The maximum atomic E-state index is 13.9. The van der Waals surface area contributed by atoms with Crippen molar-refractivity contribution in [3.05, 3.63) is 111 Å². The fourth-order valence-electron chi connectivity index (χ4n) is 4.54. The normalized spacial score (nSPS) is 11.7. The van der Waals surface area contributed by atoms with Gasteiger partial charge in [0, 0.05) is 24.6 Å². The molecule has 2 aromatic heterocycles. The SMILES string of the molecule is CCCCc1nc(O)c(Cc2ccc(-c3ccc(F)nc3)cc2)c(=O)n1[C@@H](CC)c1cccc(C#N)c1. The molecule has 0 amide bonds. The third-order valence-electron chi connectivity index (χ3n) is 6.51. The van der Waals surface area contributed by atoms with Crippen LogP contribution < -0.4 is 5.56 Å². The first-order chi connectivity index (χ1) is 17.9. The van der Waals surface area contributed by atoms with E-state index in [1.165, 1.54) is 12.3 Å². The van der Waals surface area contributed by atoms with E-state index in [0.717, 1.165) is 35.1 Å². The number of hydrogen-bond donors (Lipinski definition) is 1. The van der Waals surface area contributed by atoms with Gasteiger partial charge in [0.2, 0.25) is 11.8 Å². The van der Waals surface area contributed by atoms with Gasteiger partial charge in [-0.05, 0) is 53.8 Å². The Hall–Kier alpha value is -4.31. The molecule has 0 saturated carbocycles. The van der Waals surface area contributed by atoms with Crippen molar-refractivity contribution in [2.24, 2.45) is 0 Å². The van der Waals surface area contributed by atoms with Gasteiger partial charge in [0.15, 0.2) is 0 Å². The van der Waals surface area contributed by atoms with E-state index in [9.17, 15) is 19.6 Å². The molecule has 0 bridgehead atoms. The number of nitriles is 1. The van der Waals surface area contributed by atoms with Crippen LogP contribution in [0.5, 0.6) is 5.88 Å². The lowest BCUT2D eigenvalue weighted by Gasteiger charge is -2.23. The van der Waals surface area contributed by atoms with Crippen LogP contribution in [0.3, 0.4) is 0 Å². The van der Waals surface area contributed by atoms with Crippen molar-refractivity contribution in [1.29, 1.82) is 5.26 Å². The summed E-state index contributed by atoms with van der Waals surface area (Å²) in [6, 6.07) is 19.6. The number of unbranched alkanes of at least 4 members (excludes halogenated alkanes) is 1. The van der Waals surface area contributed by atoms with Gasteiger partial charge in [-0.1, -0.05) is 56.7 Å². The van der Waals surface area contributed by atoms with Gasteiger partial charge >= 0.3 is 0 Å². The van der Waals surface area contributed by atoms with Crippen molar-refractivity contribution in [3.8, 4) is 23.1 Å². The van der Waals surface area contributed by atoms with Crippen molar-refractivity contribution in [3.63, 3.8) is 0 Å². The Morgan fingerprint density at radius 2 is 1.84 bits per heavy atom. The number of nitrogens with zero attached hydrogens (tertiary/aromatic N) is 4. The van der Waals surface area contributed by atoms with Gasteiger partial charge in [0.05, 0.1) is 23.2 Å². The van der Waals surface area contributed by atoms with E-state index < -0.39 is 5.95 Å². The Morgan fingerprint density at radius 3 is 2.49 bits per heavy atom. The predicted octanol–water partition coefficient (Wildman–Crippen LogP) is 5.95. The molecule has 1 atom stereocenters. The molecule has 4 aromatic rings. The lowest BCUT2D eigenvalue weighted by atomic mass is 9.99. The zero-order chi connectivity index (χ0) is 26.4. The molecule has 0 unspecified atom stereocenters. The topological polar surface area (TPSA) is 91.8 Å². The summed E-state index contributed by atoms with van der Waals surface area (Å²) in [7, 11) is 0. The number of aromatic nitrogens is 3. The highest BCUT2D eigenvalue weighted by Gasteiger charge is 2.23. The summed E-state index contributed by atoms with van der Waals surface area (Å²) in [5.41, 5.74) is 3.82. The van der Waals surface area contributed by atoms with Crippen LogP contribution >= 0.6 is 0 Å². The molecule has 1 N–H and O–H groups in total. The lowest BCUT2D eigenvalue weighted by Crippen LogP contribution is -2.32. The van der Waals surface area contributed by atoms with E-state index in [0.29, 0.717) is 24.2 Å². The van der Waals surface area contributed by atoms with Gasteiger partial charge < -0.3 is 5.11 Å². The first-order valence-corrected chi connectivity index (χ1v) is 12.5. The first-order valence-electron chi connectivity index (χ1n) is 12.5. The third-order valence-corrected chi connectivity index (χ3v) is 6.51. The zero-order valence-electron chi connectivity index (χ0n) is 21.0. The number of benzene rings is 2. The van der Waals surface area contributed by atoms with Crippen molar-refractivity contribution >= 4 is 0 Å². The highest BCUT2D eigenvalue weighted by molar-refractivity contribution is 5.62. The van der Waals surface area contributed by atoms with E-state index in [1.807, 2.05) is 43.3 Å². The number of halogens is 1. The molecule has 7 heteroatoms. The Labute approximate surface area is 215 Å². The first kappa shape index (κ1) is 25.8. The smallest absolute Gasteiger partial charge is 0.261 e. The highest BCUT2D eigenvalue weighted by Crippen LogP contribution is 2.26. The zero-order valence-corrected chi connectivity index (χ0v) is 21.0. The second-order valence-electron chi connectivity index (χ2n) is 9.01. The summed E-state index contributed by atoms with van der Waals surface area (Å²) in [6.45, 7) is 4.06. The number of hydrogen-bond acceptors (Lipinski definition) is 5. The number of rotatable bonds is 9. The summed E-state index contributed by atoms with van der Waals surface area (Å²) in [6.07, 6.45) is 4.63. The summed E-state index contributed by atoms with van der Waals surface area (Å²) >= 11 is 0. The standard InChI is InChI=1S/C30H29FN4O2/c1-3-5-9-28-34-29(36)25(17-20-10-12-22(13-11-20)24-14-15-27(31)33-19-24)30(37)35(28)26(4-2)23-8-6-7-21(16-23)18-32/h6-8,10-16,19,26,36H,3-5,9,17H2,1-2H3/t26-/m0/s1. The van der Waals surface area contributed by atoms with E-state index in [-0.39, 0.29) is 29.5 Å². The van der Waals surface area contributed by atoms with Crippen LogP contribution in [-0.4, -0.2) is 19.6 Å². The quantitative estimate of drug-likeness (QED) is 0.289. The molecule has 0 radical (unpaired) electrons. The summed E-state index contributed by atoms with van der Waals surface area (Å²) < 4.78 is 14.9. The van der Waals surface area contributed by atoms with Gasteiger partial charge in [0.1, 0.15) is 5.82 Å². The minimum Gasteiger partial charge on any atom is -0.493 e. The predicted molar refractivity (Wildman–Crippen MR) is 141 cm³/mol. The molecule has 0 fully saturated rings. The summed E-state index contributed by atoms with van der Waals surface area (Å²) in [5, 5.41) is 20.2. The second kappa shape index (κ2) is 11.6. The van der Waals surface area contributed by atoms with Crippen molar-refractivity contribution in [1.82, 2.24) is 14.5 Å². The molecule has 2 aromatic carbocycles. The van der Waals surface area contributed by atoms with Crippen LogP contribution in [0.2, 0.25) is 0 Å². The van der Waals surface area contributed by atoms with Gasteiger partial charge in [-0.2, -0.15) is 14.6 Å². The van der Waals surface area contributed by atoms with Crippen LogP contribution in [0, 0.1) is 17.3 Å². The van der Waals surface area contributed by atoms with E-state index in [4.69, 9.17) is 0 Å². The fourth-order valence-corrected chi connectivity index (χ4v) is 4.54. The number of pyridine rings is 1. The van der Waals surface area contributed by atoms with Gasteiger partial charge in [-0.3, -0.25) is 9.36 Å². The van der Waals surface area contributed by atoms with E-state index >= 15 is 0 Å². The summed E-state index contributed by atoms with van der Waals surface area (Å²) in [4.78, 5) is 22.1. The average molecular weight is 497 g/mol. The van der Waals surface area contributed by atoms with E-state index in [1.54, 1.807) is 22.8 Å². The fraction of sp³-hybridized carbons (Fsp3) is 0.267. The molecular formula is C30H29FN4O2. The maximum absolute atomic E-state index is 13.9. The molecule has 188 valence electrons. The van der Waals surface area contributed by atoms with Crippen molar-refractivity contribution < 1.29 is 9.50 Å². The van der Waals surface area contributed by atoms with Crippen LogP contribution in [0.1, 0.15) is 67.2 Å². The van der Waals surface area contributed by atoms with Crippen molar-refractivity contribution in [2.45, 2.75) is 52.0 Å². The van der Waals surface area contributed by atoms with Crippen LogP contribution in [0.25, 0.3) is 11.1 Å². The third kappa shape index (κ3) is 5.75. The van der Waals surface area contributed by atoms with Crippen LogP contribution in [0.15, 0.2) is 71.7 Å². The Kier molecular flexibility index (Phi) is 8.09. The maximum Gasteiger partial charge on any atom is 0.261 e. The van der Waals surface area contributed by atoms with Crippen molar-refractivity contribution in [2.75, 3.05) is 0 Å². The molecule has 4 rings (SSSR count). The lowest BCUT2D eigenvalue weighted by molar-refractivity contribution is 0.420. The Morgan fingerprint density at radius 1 is 1.08 bits per heavy atom. The molecule has 37 heavy (non-hydrogen) atoms. The monoisotopic (exact) mass is 496 g/mol. The Bertz CT molecular complexity index is 1470. The molecule has 0 spiro atoms. The molecule has 2 heterocycles. The largest absolute Gasteiger partial charge is 0.493 e. The molecular weight excluding hydrogens is 467 g/mol.